The van der Waals surface area contributed by atoms with Gasteiger partial charge in [0.15, 0.2) is 5.65 Å². The zero-order chi connectivity index (χ0) is 19.4. The standard InChI is InChI=1S/C14H12F6N4OS/c1-8-21-13-12(14(25)22-8)11(6-15)23-24(13)7-9-2-4-10(5-3-9)26(16,17,18,19)20/h2-5H,6-7H2,1H3,(H,21,22,25). The lowest BCUT2D eigenvalue weighted by molar-refractivity contribution is 0.364. The minimum absolute atomic E-state index is 0.0516. The Morgan fingerprint density at radius 2 is 1.73 bits per heavy atom. The van der Waals surface area contributed by atoms with Gasteiger partial charge >= 0.3 is 10.2 Å². The van der Waals surface area contributed by atoms with Crippen LogP contribution in [0.1, 0.15) is 17.1 Å². The van der Waals surface area contributed by atoms with Crippen molar-refractivity contribution in [3.05, 3.63) is 51.7 Å². The number of hydrogen-bond donors (Lipinski definition) is 1. The molecule has 12 heteroatoms. The monoisotopic (exact) mass is 398 g/mol. The minimum atomic E-state index is -9.75. The maximum absolute atomic E-state index is 13.1. The van der Waals surface area contributed by atoms with Crippen molar-refractivity contribution in [3.8, 4) is 0 Å². The van der Waals surface area contributed by atoms with E-state index < -0.39 is 27.4 Å². The number of alkyl halides is 1. The second-order valence-corrected chi connectivity index (χ2v) is 8.11. The zero-order valence-electron chi connectivity index (χ0n) is 13.1. The number of fused-ring (bicyclic) bond motifs is 1. The van der Waals surface area contributed by atoms with Crippen LogP contribution in [-0.2, 0) is 13.2 Å². The molecule has 2 aromatic heterocycles. The highest BCUT2D eigenvalue weighted by molar-refractivity contribution is 8.45. The molecule has 0 aliphatic heterocycles. The van der Waals surface area contributed by atoms with Crippen molar-refractivity contribution in [3.63, 3.8) is 0 Å². The second-order valence-electron chi connectivity index (χ2n) is 5.70. The van der Waals surface area contributed by atoms with E-state index in [1.807, 2.05) is 0 Å². The van der Waals surface area contributed by atoms with Gasteiger partial charge in [-0.25, -0.2) is 14.1 Å². The second kappa shape index (κ2) is 5.02. The maximum Gasteiger partial charge on any atom is 0.310 e. The number of aromatic amines is 1. The molecule has 1 aromatic carbocycles. The van der Waals surface area contributed by atoms with Gasteiger partial charge in [-0.05, 0) is 24.6 Å². The third kappa shape index (κ3) is 3.41. The van der Waals surface area contributed by atoms with Crippen LogP contribution in [0.3, 0.4) is 0 Å². The van der Waals surface area contributed by atoms with E-state index >= 15 is 0 Å². The molecule has 2 heterocycles. The van der Waals surface area contributed by atoms with E-state index in [4.69, 9.17) is 0 Å². The summed E-state index contributed by atoms with van der Waals surface area (Å²) in [4.78, 5) is 16.4. The van der Waals surface area contributed by atoms with E-state index in [9.17, 15) is 28.6 Å². The Morgan fingerprint density at radius 3 is 2.27 bits per heavy atom. The lowest BCUT2D eigenvalue weighted by atomic mass is 10.2. The Kier molecular flexibility index (Phi) is 3.54. The molecule has 0 saturated carbocycles. The Bertz CT molecular complexity index is 1060. The molecule has 0 fully saturated rings. The molecule has 0 amide bonds. The van der Waals surface area contributed by atoms with Crippen LogP contribution < -0.4 is 5.56 Å². The predicted molar refractivity (Wildman–Crippen MR) is 84.6 cm³/mol. The van der Waals surface area contributed by atoms with Crippen molar-refractivity contribution < 1.29 is 23.8 Å². The molecule has 5 nitrogen and oxygen atoms in total. The van der Waals surface area contributed by atoms with E-state index in [0.717, 1.165) is 16.8 Å². The van der Waals surface area contributed by atoms with Gasteiger partial charge < -0.3 is 4.98 Å². The van der Waals surface area contributed by atoms with Crippen LogP contribution in [0.15, 0.2) is 34.0 Å². The van der Waals surface area contributed by atoms with Gasteiger partial charge in [0.05, 0.1) is 6.54 Å². The Hall–Kier alpha value is -2.50. The molecule has 142 valence electrons. The van der Waals surface area contributed by atoms with Crippen LogP contribution in [0.25, 0.3) is 11.0 Å². The molecule has 0 aliphatic carbocycles. The highest BCUT2D eigenvalue weighted by Crippen LogP contribution is 3.02. The van der Waals surface area contributed by atoms with Gasteiger partial charge in [0, 0.05) is 0 Å². The van der Waals surface area contributed by atoms with Crippen molar-refractivity contribution in [2.75, 3.05) is 0 Å². The van der Waals surface area contributed by atoms with Crippen LogP contribution in [0.2, 0.25) is 0 Å². The van der Waals surface area contributed by atoms with Gasteiger partial charge in [0.2, 0.25) is 0 Å². The summed E-state index contributed by atoms with van der Waals surface area (Å²) in [5.74, 6) is 0.241. The number of aromatic nitrogens is 4. The average molecular weight is 398 g/mol. The lowest BCUT2D eigenvalue weighted by Gasteiger charge is -2.40. The number of hydrogen-bond acceptors (Lipinski definition) is 3. The van der Waals surface area contributed by atoms with Crippen LogP contribution in [0.4, 0.5) is 23.8 Å². The first kappa shape index (κ1) is 18.3. The summed E-state index contributed by atoms with van der Waals surface area (Å²) in [5, 5.41) is 3.83. The molecule has 26 heavy (non-hydrogen) atoms. The number of aryl methyl sites for hydroxylation is 1. The van der Waals surface area contributed by atoms with Crippen LogP contribution in [-0.4, -0.2) is 19.7 Å². The molecule has 0 saturated heterocycles. The Morgan fingerprint density at radius 1 is 1.12 bits per heavy atom. The minimum Gasteiger partial charge on any atom is -0.310 e. The summed E-state index contributed by atoms with van der Waals surface area (Å²) in [6, 6.07) is 2.31. The molecule has 0 unspecified atom stereocenters. The fourth-order valence-electron chi connectivity index (χ4n) is 2.49. The largest absolute Gasteiger partial charge is 0.310 e. The van der Waals surface area contributed by atoms with Crippen molar-refractivity contribution >= 4 is 21.3 Å². The molecule has 1 N–H and O–H groups in total. The van der Waals surface area contributed by atoms with Gasteiger partial charge in [-0.15, -0.1) is 0 Å². The van der Waals surface area contributed by atoms with E-state index in [1.165, 1.54) is 6.92 Å². The SMILES string of the molecule is Cc1nc2c(c(CF)nn2Cc2ccc(S(F)(F)(F)(F)F)cc2)c(=O)[nH]1. The van der Waals surface area contributed by atoms with Crippen molar-refractivity contribution in [1.82, 2.24) is 19.7 Å². The van der Waals surface area contributed by atoms with E-state index in [2.05, 4.69) is 15.1 Å². The number of halogens is 6. The molecule has 0 aliphatic rings. The molecule has 3 aromatic rings. The summed E-state index contributed by atoms with van der Waals surface area (Å²) in [7, 11) is -9.75. The normalized spacial score (nSPS) is 15.0. The molecule has 3 rings (SSSR count). The predicted octanol–water partition coefficient (Wildman–Crippen LogP) is 4.60. The van der Waals surface area contributed by atoms with Gasteiger partial charge in [-0.2, -0.15) is 5.10 Å². The smallest absolute Gasteiger partial charge is 0.310 e. The van der Waals surface area contributed by atoms with Crippen LogP contribution >= 0.6 is 10.2 Å². The van der Waals surface area contributed by atoms with Crippen LogP contribution in [0, 0.1) is 6.92 Å². The van der Waals surface area contributed by atoms with Gasteiger partial charge in [-0.1, -0.05) is 31.6 Å². The summed E-state index contributed by atoms with van der Waals surface area (Å²) >= 11 is 0. The number of nitrogens with zero attached hydrogens (tertiary/aromatic N) is 3. The van der Waals surface area contributed by atoms with Crippen LogP contribution in [0.5, 0.6) is 0 Å². The van der Waals surface area contributed by atoms with Crippen molar-refractivity contribution in [2.45, 2.75) is 25.0 Å². The van der Waals surface area contributed by atoms with Gasteiger partial charge in [0.1, 0.15) is 28.5 Å². The number of benzene rings is 1. The first-order valence-corrected chi connectivity index (χ1v) is 9.09. The Balaban J connectivity index is 2.04. The number of rotatable bonds is 4. The summed E-state index contributed by atoms with van der Waals surface area (Å²) in [5.41, 5.74) is -0.513. The third-order valence-corrected chi connectivity index (χ3v) is 4.78. The highest BCUT2D eigenvalue weighted by Gasteiger charge is 2.65. The molecule has 0 spiro atoms. The summed E-state index contributed by atoms with van der Waals surface area (Å²) in [6.45, 7) is 0.282. The first-order valence-electron chi connectivity index (χ1n) is 7.14. The number of H-pyrrole nitrogens is 1. The van der Waals surface area contributed by atoms with Crippen molar-refractivity contribution in [1.29, 1.82) is 0 Å². The van der Waals surface area contributed by atoms with Gasteiger partial charge in [-0.3, -0.25) is 4.79 Å². The molecule has 0 bridgehead atoms. The lowest BCUT2D eigenvalue weighted by Crippen LogP contribution is -2.11. The number of nitrogens with one attached hydrogen (secondary N) is 1. The fourth-order valence-corrected chi connectivity index (χ4v) is 3.14. The van der Waals surface area contributed by atoms with E-state index in [0.29, 0.717) is 0 Å². The molecular weight excluding hydrogens is 386 g/mol. The van der Waals surface area contributed by atoms with E-state index in [-0.39, 0.29) is 46.8 Å². The van der Waals surface area contributed by atoms with Gasteiger partial charge in [0.25, 0.3) is 5.56 Å². The summed E-state index contributed by atoms with van der Waals surface area (Å²) in [6.07, 6.45) is 0. The topological polar surface area (TPSA) is 63.6 Å². The molecular formula is C14H12F6N4OS. The zero-order valence-corrected chi connectivity index (χ0v) is 14.0. The quantitative estimate of drug-likeness (QED) is 0.653. The average Bonchev–Trinajstić information content (AvgIpc) is 2.83. The molecule has 0 radical (unpaired) electrons. The highest BCUT2D eigenvalue weighted by atomic mass is 32.5. The maximum atomic E-state index is 13.1. The fraction of sp³-hybridized carbons (Fsp3) is 0.214. The Labute approximate surface area is 142 Å². The third-order valence-electron chi connectivity index (χ3n) is 3.62. The van der Waals surface area contributed by atoms with Crippen molar-refractivity contribution in [2.24, 2.45) is 0 Å². The molecule has 0 atom stereocenters. The van der Waals surface area contributed by atoms with E-state index in [1.54, 1.807) is 0 Å². The first-order chi connectivity index (χ1) is 11.8. The summed E-state index contributed by atoms with van der Waals surface area (Å²) < 4.78 is 78.0.